The van der Waals surface area contributed by atoms with Crippen LogP contribution in [0.4, 0.5) is 0 Å². The lowest BCUT2D eigenvalue weighted by molar-refractivity contribution is -0.0180. The van der Waals surface area contributed by atoms with Gasteiger partial charge in [-0.1, -0.05) is 24.9 Å². The van der Waals surface area contributed by atoms with Crippen molar-refractivity contribution in [3.63, 3.8) is 0 Å². The molecule has 3 rings (SSSR count). The second kappa shape index (κ2) is 4.09. The van der Waals surface area contributed by atoms with E-state index in [0.717, 1.165) is 25.1 Å². The van der Waals surface area contributed by atoms with E-state index in [1.807, 2.05) is 0 Å². The summed E-state index contributed by atoms with van der Waals surface area (Å²) in [4.78, 5) is 4.40. The maximum atomic E-state index is 10.5. The molecule has 1 aromatic heterocycles. The van der Waals surface area contributed by atoms with Gasteiger partial charge in [0.15, 0.2) is 5.82 Å². The summed E-state index contributed by atoms with van der Waals surface area (Å²) in [5, 5.41) is 14.5. The highest BCUT2D eigenvalue weighted by Gasteiger charge is 2.35. The smallest absolute Gasteiger partial charge is 0.229 e. The molecule has 0 radical (unpaired) electrons. The van der Waals surface area contributed by atoms with E-state index in [1.54, 1.807) is 0 Å². The number of hydrogen-bond donors (Lipinski definition) is 1. The van der Waals surface area contributed by atoms with Crippen LogP contribution in [0.3, 0.4) is 0 Å². The molecule has 0 aromatic carbocycles. The van der Waals surface area contributed by atoms with E-state index in [4.69, 9.17) is 4.52 Å². The summed E-state index contributed by atoms with van der Waals surface area (Å²) < 4.78 is 5.25. The van der Waals surface area contributed by atoms with E-state index in [1.165, 1.54) is 19.3 Å². The van der Waals surface area contributed by atoms with E-state index in [2.05, 4.69) is 17.1 Å². The molecule has 2 aliphatic rings. The van der Waals surface area contributed by atoms with E-state index in [0.29, 0.717) is 24.1 Å². The molecule has 1 heterocycles. The standard InChI is InChI=1S/C13H20N2O2/c1-9-3-2-6-13(16,7-9)8-11-14-12(15-17-11)10-4-5-10/h9-10,16H,2-8H2,1H3/t9-,13-/m1/s1. The summed E-state index contributed by atoms with van der Waals surface area (Å²) in [6.45, 7) is 2.20. The van der Waals surface area contributed by atoms with Crippen LogP contribution in [0.15, 0.2) is 4.52 Å². The average Bonchev–Trinajstić information content (AvgIpc) is 3.00. The quantitative estimate of drug-likeness (QED) is 0.875. The zero-order valence-corrected chi connectivity index (χ0v) is 10.4. The van der Waals surface area contributed by atoms with Crippen molar-refractivity contribution in [2.45, 2.75) is 63.4 Å². The third-order valence-corrected chi connectivity index (χ3v) is 3.97. The number of aromatic nitrogens is 2. The maximum Gasteiger partial charge on any atom is 0.229 e. The van der Waals surface area contributed by atoms with Crippen LogP contribution in [-0.2, 0) is 6.42 Å². The molecule has 1 aromatic rings. The third-order valence-electron chi connectivity index (χ3n) is 3.97. The monoisotopic (exact) mass is 236 g/mol. The molecule has 0 saturated heterocycles. The van der Waals surface area contributed by atoms with Gasteiger partial charge in [0, 0.05) is 5.92 Å². The van der Waals surface area contributed by atoms with E-state index in [9.17, 15) is 5.11 Å². The first-order valence-electron chi connectivity index (χ1n) is 6.69. The number of rotatable bonds is 3. The zero-order chi connectivity index (χ0) is 11.9. The highest BCUT2D eigenvalue weighted by molar-refractivity contribution is 5.04. The van der Waals surface area contributed by atoms with Crippen LogP contribution in [0, 0.1) is 5.92 Å². The fourth-order valence-corrected chi connectivity index (χ4v) is 2.92. The summed E-state index contributed by atoms with van der Waals surface area (Å²) >= 11 is 0. The first-order chi connectivity index (χ1) is 8.15. The molecule has 4 nitrogen and oxygen atoms in total. The van der Waals surface area contributed by atoms with Crippen LogP contribution in [-0.4, -0.2) is 20.8 Å². The van der Waals surface area contributed by atoms with Gasteiger partial charge in [0.05, 0.1) is 12.0 Å². The molecule has 0 aliphatic heterocycles. The lowest BCUT2D eigenvalue weighted by Crippen LogP contribution is -2.36. The second-order valence-electron chi connectivity index (χ2n) is 5.92. The maximum absolute atomic E-state index is 10.5. The van der Waals surface area contributed by atoms with E-state index >= 15 is 0 Å². The number of nitrogens with zero attached hydrogens (tertiary/aromatic N) is 2. The van der Waals surface area contributed by atoms with Gasteiger partial charge in [-0.15, -0.1) is 0 Å². The molecule has 1 N–H and O–H groups in total. The van der Waals surface area contributed by atoms with Crippen LogP contribution in [0.5, 0.6) is 0 Å². The van der Waals surface area contributed by atoms with E-state index in [-0.39, 0.29) is 0 Å². The van der Waals surface area contributed by atoms with Crippen LogP contribution in [0.1, 0.15) is 63.1 Å². The number of aliphatic hydroxyl groups is 1. The Hall–Kier alpha value is -0.900. The summed E-state index contributed by atoms with van der Waals surface area (Å²) in [5.41, 5.74) is -0.620. The van der Waals surface area contributed by atoms with Crippen molar-refractivity contribution in [2.75, 3.05) is 0 Å². The molecule has 0 amide bonds. The van der Waals surface area contributed by atoms with Crippen molar-refractivity contribution >= 4 is 0 Å². The second-order valence-corrected chi connectivity index (χ2v) is 5.92. The van der Waals surface area contributed by atoms with Crippen molar-refractivity contribution in [2.24, 2.45) is 5.92 Å². The molecule has 94 valence electrons. The molecule has 0 spiro atoms. The molecular formula is C13H20N2O2. The normalized spacial score (nSPS) is 33.9. The highest BCUT2D eigenvalue weighted by Crippen LogP contribution is 2.39. The minimum absolute atomic E-state index is 0.521. The van der Waals surface area contributed by atoms with Gasteiger partial charge in [-0.25, -0.2) is 0 Å². The fraction of sp³-hybridized carbons (Fsp3) is 0.846. The van der Waals surface area contributed by atoms with E-state index < -0.39 is 5.60 Å². The lowest BCUT2D eigenvalue weighted by atomic mass is 9.77. The Balaban J connectivity index is 1.67. The van der Waals surface area contributed by atoms with Crippen molar-refractivity contribution in [3.05, 3.63) is 11.7 Å². The molecule has 2 atom stereocenters. The Labute approximate surface area is 101 Å². The molecule has 2 saturated carbocycles. The van der Waals surface area contributed by atoms with Crippen LogP contribution in [0.25, 0.3) is 0 Å². The Morgan fingerprint density at radius 2 is 2.24 bits per heavy atom. The van der Waals surface area contributed by atoms with Crippen LogP contribution >= 0.6 is 0 Å². The van der Waals surface area contributed by atoms with Gasteiger partial charge in [0.25, 0.3) is 0 Å². The summed E-state index contributed by atoms with van der Waals surface area (Å²) in [7, 11) is 0. The Kier molecular flexibility index (Phi) is 2.69. The molecule has 0 bridgehead atoms. The van der Waals surface area contributed by atoms with Gasteiger partial charge < -0.3 is 9.63 Å². The van der Waals surface area contributed by atoms with Crippen LogP contribution in [0.2, 0.25) is 0 Å². The summed E-state index contributed by atoms with van der Waals surface area (Å²) in [5.74, 6) is 2.57. The highest BCUT2D eigenvalue weighted by atomic mass is 16.5. The molecule has 0 unspecified atom stereocenters. The first kappa shape index (κ1) is 11.2. The predicted octanol–water partition coefficient (Wildman–Crippen LogP) is 2.43. The minimum Gasteiger partial charge on any atom is -0.389 e. The molecular weight excluding hydrogens is 216 g/mol. The largest absolute Gasteiger partial charge is 0.389 e. The molecule has 4 heteroatoms. The summed E-state index contributed by atoms with van der Waals surface area (Å²) in [6, 6.07) is 0. The Morgan fingerprint density at radius 3 is 2.94 bits per heavy atom. The van der Waals surface area contributed by atoms with Gasteiger partial charge in [-0.2, -0.15) is 4.98 Å². The average molecular weight is 236 g/mol. The summed E-state index contributed by atoms with van der Waals surface area (Å²) in [6.07, 6.45) is 6.92. The third kappa shape index (κ3) is 2.51. The SMILES string of the molecule is C[C@@H]1CCC[C@](O)(Cc2nc(C3CC3)no2)C1. The van der Waals surface area contributed by atoms with Crippen molar-refractivity contribution in [3.8, 4) is 0 Å². The molecule has 17 heavy (non-hydrogen) atoms. The van der Waals surface area contributed by atoms with Gasteiger partial charge in [0.2, 0.25) is 5.89 Å². The van der Waals surface area contributed by atoms with Crippen molar-refractivity contribution < 1.29 is 9.63 Å². The number of hydrogen-bond acceptors (Lipinski definition) is 4. The van der Waals surface area contributed by atoms with Gasteiger partial charge in [-0.05, 0) is 31.6 Å². The van der Waals surface area contributed by atoms with Gasteiger partial charge in [-0.3, -0.25) is 0 Å². The van der Waals surface area contributed by atoms with Crippen molar-refractivity contribution in [1.82, 2.24) is 10.1 Å². The lowest BCUT2D eigenvalue weighted by Gasteiger charge is -2.34. The zero-order valence-electron chi connectivity index (χ0n) is 10.4. The topological polar surface area (TPSA) is 59.2 Å². The molecule has 2 aliphatic carbocycles. The Morgan fingerprint density at radius 1 is 1.41 bits per heavy atom. The van der Waals surface area contributed by atoms with Gasteiger partial charge >= 0.3 is 0 Å². The van der Waals surface area contributed by atoms with Crippen LogP contribution < -0.4 is 0 Å². The minimum atomic E-state index is -0.620. The Bertz CT molecular complexity index is 400. The fourth-order valence-electron chi connectivity index (χ4n) is 2.92. The predicted molar refractivity (Wildman–Crippen MR) is 62.6 cm³/mol. The molecule has 2 fully saturated rings. The first-order valence-corrected chi connectivity index (χ1v) is 6.69. The van der Waals surface area contributed by atoms with Crippen molar-refractivity contribution in [1.29, 1.82) is 0 Å². The van der Waals surface area contributed by atoms with Gasteiger partial charge in [0.1, 0.15) is 0 Å².